The van der Waals surface area contributed by atoms with Gasteiger partial charge in [-0.25, -0.2) is 9.66 Å². The maximum Gasteiger partial charge on any atom is 0.313 e. The van der Waals surface area contributed by atoms with Gasteiger partial charge in [-0.1, -0.05) is 12.1 Å². The zero-order valence-corrected chi connectivity index (χ0v) is 9.21. The summed E-state index contributed by atoms with van der Waals surface area (Å²) in [7, 11) is 1.27. The Bertz CT molecular complexity index is 633. The van der Waals surface area contributed by atoms with Gasteiger partial charge in [-0.3, -0.25) is 9.59 Å². The van der Waals surface area contributed by atoms with Gasteiger partial charge in [0.05, 0.1) is 18.0 Å². The molecule has 88 valence electrons. The topological polar surface area (TPSA) is 87.2 Å². The highest BCUT2D eigenvalue weighted by atomic mass is 16.5. The zero-order chi connectivity index (χ0) is 12.4. The molecule has 2 N–H and O–H groups in total. The minimum absolute atomic E-state index is 0.132. The summed E-state index contributed by atoms with van der Waals surface area (Å²) in [6.45, 7) is 0. The molecule has 0 atom stereocenters. The van der Waals surface area contributed by atoms with Crippen LogP contribution >= 0.6 is 0 Å². The molecule has 0 bridgehead atoms. The van der Waals surface area contributed by atoms with E-state index in [1.165, 1.54) is 7.11 Å². The fourth-order valence-corrected chi connectivity index (χ4v) is 1.52. The minimum atomic E-state index is -0.494. The molecule has 17 heavy (non-hydrogen) atoms. The number of methoxy groups -OCH3 is 1. The molecule has 1 aromatic carbocycles. The molecule has 0 aliphatic carbocycles. The predicted molar refractivity (Wildman–Crippen MR) is 61.9 cm³/mol. The van der Waals surface area contributed by atoms with Crippen molar-refractivity contribution in [3.8, 4) is 0 Å². The normalized spacial score (nSPS) is 10.4. The molecule has 0 spiro atoms. The Kier molecular flexibility index (Phi) is 2.78. The fourth-order valence-electron chi connectivity index (χ4n) is 1.52. The number of carbonyl (C=O) groups excluding carboxylic acids is 1. The molecule has 0 radical (unpaired) electrons. The van der Waals surface area contributed by atoms with Crippen LogP contribution in [0.5, 0.6) is 0 Å². The molecule has 0 unspecified atom stereocenters. The second-order valence-corrected chi connectivity index (χ2v) is 3.47. The van der Waals surface area contributed by atoms with Crippen LogP contribution in [0.25, 0.3) is 10.9 Å². The van der Waals surface area contributed by atoms with Gasteiger partial charge >= 0.3 is 5.97 Å². The van der Waals surface area contributed by atoms with Gasteiger partial charge in [-0.05, 0) is 12.1 Å². The van der Waals surface area contributed by atoms with E-state index in [0.29, 0.717) is 10.9 Å². The van der Waals surface area contributed by atoms with Crippen LogP contribution in [0.3, 0.4) is 0 Å². The number of nitrogen functional groups attached to an aromatic ring is 1. The highest BCUT2D eigenvalue weighted by Gasteiger charge is 2.12. The number of para-hydroxylation sites is 1. The molecular weight excluding hydrogens is 222 g/mol. The number of carbonyl (C=O) groups is 1. The Morgan fingerprint density at radius 3 is 2.88 bits per heavy atom. The number of nitrogens with two attached hydrogens (primary N) is 1. The first-order valence-electron chi connectivity index (χ1n) is 4.96. The summed E-state index contributed by atoms with van der Waals surface area (Å²) in [5, 5.41) is 0.420. The van der Waals surface area contributed by atoms with Gasteiger partial charge in [-0.15, -0.1) is 0 Å². The number of aromatic nitrogens is 2. The van der Waals surface area contributed by atoms with Gasteiger partial charge in [0, 0.05) is 0 Å². The second kappa shape index (κ2) is 4.25. The van der Waals surface area contributed by atoms with Crippen LogP contribution in [0.2, 0.25) is 0 Å². The first-order valence-corrected chi connectivity index (χ1v) is 4.96. The summed E-state index contributed by atoms with van der Waals surface area (Å²) < 4.78 is 5.39. The van der Waals surface area contributed by atoms with Crippen LogP contribution in [0.15, 0.2) is 29.1 Å². The lowest BCUT2D eigenvalue weighted by molar-refractivity contribution is -0.139. The van der Waals surface area contributed by atoms with Crippen molar-refractivity contribution in [2.24, 2.45) is 0 Å². The van der Waals surface area contributed by atoms with Crippen molar-refractivity contribution in [1.29, 1.82) is 0 Å². The molecule has 1 heterocycles. The third kappa shape index (κ3) is 1.96. The molecule has 0 saturated heterocycles. The van der Waals surface area contributed by atoms with E-state index in [9.17, 15) is 9.59 Å². The van der Waals surface area contributed by atoms with Gasteiger partial charge in [-0.2, -0.15) is 0 Å². The second-order valence-electron chi connectivity index (χ2n) is 3.47. The summed E-state index contributed by atoms with van der Waals surface area (Å²) in [5.41, 5.74) is 0.132. The van der Waals surface area contributed by atoms with E-state index in [-0.39, 0.29) is 17.8 Å². The number of rotatable bonds is 2. The number of hydrogen-bond acceptors (Lipinski definition) is 5. The monoisotopic (exact) mass is 233 g/mol. The average molecular weight is 233 g/mol. The predicted octanol–water partition coefficient (Wildman–Crippen LogP) is -0.174. The maximum absolute atomic E-state index is 11.9. The standard InChI is InChI=1S/C11H11N3O3/c1-17-10(15)6-9-13-8-5-3-2-4-7(8)11(16)14(9)12/h2-5H,6,12H2,1H3. The third-order valence-electron chi connectivity index (χ3n) is 2.41. The van der Waals surface area contributed by atoms with E-state index in [2.05, 4.69) is 9.72 Å². The molecule has 0 aliphatic heterocycles. The zero-order valence-electron chi connectivity index (χ0n) is 9.21. The van der Waals surface area contributed by atoms with Crippen molar-refractivity contribution < 1.29 is 9.53 Å². The SMILES string of the molecule is COC(=O)Cc1nc2ccccc2c(=O)n1N. The third-order valence-corrected chi connectivity index (χ3v) is 2.41. The number of nitrogens with zero attached hydrogens (tertiary/aromatic N) is 2. The molecule has 0 amide bonds. The molecule has 2 aromatic rings. The quantitative estimate of drug-likeness (QED) is 0.574. The summed E-state index contributed by atoms with van der Waals surface area (Å²) in [6, 6.07) is 6.82. The average Bonchev–Trinajstić information content (AvgIpc) is 2.35. The van der Waals surface area contributed by atoms with Crippen LogP contribution in [0, 0.1) is 0 Å². The fraction of sp³-hybridized carbons (Fsp3) is 0.182. The summed E-state index contributed by atoms with van der Waals surface area (Å²) >= 11 is 0. The Hall–Kier alpha value is -2.37. The van der Waals surface area contributed by atoms with Crippen molar-refractivity contribution in [2.45, 2.75) is 6.42 Å². The van der Waals surface area contributed by atoms with Crippen molar-refractivity contribution in [3.05, 3.63) is 40.4 Å². The van der Waals surface area contributed by atoms with E-state index in [1.807, 2.05) is 0 Å². The summed E-state index contributed by atoms with van der Waals surface area (Å²) in [4.78, 5) is 27.2. The smallest absolute Gasteiger partial charge is 0.313 e. The number of ether oxygens (including phenoxy) is 1. The van der Waals surface area contributed by atoms with E-state index in [1.54, 1.807) is 24.3 Å². The Balaban J connectivity index is 2.62. The van der Waals surface area contributed by atoms with Crippen molar-refractivity contribution >= 4 is 16.9 Å². The van der Waals surface area contributed by atoms with Crippen LogP contribution in [-0.2, 0) is 16.0 Å². The summed E-state index contributed by atoms with van der Waals surface area (Å²) in [5.74, 6) is 5.27. The molecule has 0 saturated carbocycles. The Morgan fingerprint density at radius 2 is 2.18 bits per heavy atom. The molecule has 1 aromatic heterocycles. The molecular formula is C11H11N3O3. The molecule has 6 nitrogen and oxygen atoms in total. The highest BCUT2D eigenvalue weighted by Crippen LogP contribution is 2.07. The van der Waals surface area contributed by atoms with Gasteiger partial charge in [0.1, 0.15) is 12.2 Å². The number of esters is 1. The largest absolute Gasteiger partial charge is 0.469 e. The van der Waals surface area contributed by atoms with Crippen molar-refractivity contribution in [1.82, 2.24) is 9.66 Å². The number of fused-ring (bicyclic) bond motifs is 1. The van der Waals surface area contributed by atoms with Gasteiger partial charge in [0.2, 0.25) is 0 Å². The van der Waals surface area contributed by atoms with Crippen LogP contribution in [0.1, 0.15) is 5.82 Å². The highest BCUT2D eigenvalue weighted by molar-refractivity contribution is 5.78. The van der Waals surface area contributed by atoms with Crippen molar-refractivity contribution in [3.63, 3.8) is 0 Å². The first-order chi connectivity index (χ1) is 8.13. The lowest BCUT2D eigenvalue weighted by Gasteiger charge is -2.07. The first kappa shape index (κ1) is 11.1. The van der Waals surface area contributed by atoms with Crippen LogP contribution in [-0.4, -0.2) is 22.7 Å². The van der Waals surface area contributed by atoms with E-state index in [0.717, 1.165) is 4.68 Å². The minimum Gasteiger partial charge on any atom is -0.469 e. The Labute approximate surface area is 96.6 Å². The van der Waals surface area contributed by atoms with E-state index >= 15 is 0 Å². The van der Waals surface area contributed by atoms with E-state index in [4.69, 9.17) is 5.84 Å². The summed E-state index contributed by atoms with van der Waals surface area (Å²) in [6.07, 6.45) is -0.132. The van der Waals surface area contributed by atoms with Gasteiger partial charge in [0.15, 0.2) is 0 Å². The molecule has 0 aliphatic rings. The lowest BCUT2D eigenvalue weighted by atomic mass is 10.2. The van der Waals surface area contributed by atoms with Crippen LogP contribution in [0.4, 0.5) is 0 Å². The molecule has 0 fully saturated rings. The maximum atomic E-state index is 11.9. The molecule has 2 rings (SSSR count). The van der Waals surface area contributed by atoms with Crippen LogP contribution < -0.4 is 11.4 Å². The van der Waals surface area contributed by atoms with Gasteiger partial charge in [0.25, 0.3) is 5.56 Å². The Morgan fingerprint density at radius 1 is 1.47 bits per heavy atom. The van der Waals surface area contributed by atoms with E-state index < -0.39 is 5.97 Å². The lowest BCUT2D eigenvalue weighted by Crippen LogP contribution is -2.32. The molecule has 6 heteroatoms. The van der Waals surface area contributed by atoms with Crippen molar-refractivity contribution in [2.75, 3.05) is 13.0 Å². The number of hydrogen-bond donors (Lipinski definition) is 1. The number of benzene rings is 1. The van der Waals surface area contributed by atoms with Gasteiger partial charge < -0.3 is 10.6 Å².